The van der Waals surface area contributed by atoms with Gasteiger partial charge in [0.15, 0.2) is 0 Å². The molecule has 90 valence electrons. The van der Waals surface area contributed by atoms with E-state index in [-0.39, 0.29) is 0 Å². The highest BCUT2D eigenvalue weighted by molar-refractivity contribution is 5.06. The van der Waals surface area contributed by atoms with E-state index in [1.165, 1.54) is 32.1 Å². The van der Waals surface area contributed by atoms with Crippen LogP contribution in [0.15, 0.2) is 24.5 Å². The van der Waals surface area contributed by atoms with Crippen LogP contribution < -0.4 is 5.73 Å². The maximum Gasteiger partial charge on any atom is 0.0728 e. The minimum Gasteiger partial charge on any atom is -0.380 e. The molecule has 0 saturated heterocycles. The van der Waals surface area contributed by atoms with Crippen LogP contribution in [0.5, 0.6) is 0 Å². The van der Waals surface area contributed by atoms with Gasteiger partial charge in [-0.25, -0.2) is 0 Å². The summed E-state index contributed by atoms with van der Waals surface area (Å²) in [5.41, 5.74) is 6.75. The summed E-state index contributed by atoms with van der Waals surface area (Å²) >= 11 is 0. The van der Waals surface area contributed by atoms with E-state index in [0.29, 0.717) is 12.6 Å². The lowest BCUT2D eigenvalue weighted by Crippen LogP contribution is -2.22. The molecule has 16 heavy (non-hydrogen) atoms. The maximum atomic E-state index is 5.63. The van der Waals surface area contributed by atoms with Crippen molar-refractivity contribution >= 4 is 0 Å². The second kappa shape index (κ2) is 8.25. The van der Waals surface area contributed by atoms with Crippen molar-refractivity contribution in [3.8, 4) is 0 Å². The Labute approximate surface area is 98.0 Å². The maximum absolute atomic E-state index is 5.63. The molecule has 0 amide bonds. The first-order valence-corrected chi connectivity index (χ1v) is 5.96. The summed E-state index contributed by atoms with van der Waals surface area (Å²) < 4.78 is 4.89. The fourth-order valence-corrected chi connectivity index (χ4v) is 1.78. The van der Waals surface area contributed by atoms with E-state index in [1.54, 1.807) is 19.5 Å². The SMILES string of the molecule is COCc1cccnc1.NC1CCCCC1. The highest BCUT2D eigenvalue weighted by atomic mass is 16.5. The van der Waals surface area contributed by atoms with Gasteiger partial charge in [-0.2, -0.15) is 0 Å². The molecule has 0 atom stereocenters. The number of pyridine rings is 1. The van der Waals surface area contributed by atoms with E-state index < -0.39 is 0 Å². The molecule has 3 nitrogen and oxygen atoms in total. The van der Waals surface area contributed by atoms with E-state index in [9.17, 15) is 0 Å². The van der Waals surface area contributed by atoms with Crippen LogP contribution in [0, 0.1) is 0 Å². The van der Waals surface area contributed by atoms with Gasteiger partial charge in [0.2, 0.25) is 0 Å². The first-order chi connectivity index (χ1) is 7.83. The first-order valence-electron chi connectivity index (χ1n) is 5.96. The lowest BCUT2D eigenvalue weighted by Gasteiger charge is -2.15. The van der Waals surface area contributed by atoms with Crippen LogP contribution >= 0.6 is 0 Å². The Hall–Kier alpha value is -0.930. The highest BCUT2D eigenvalue weighted by Crippen LogP contribution is 2.14. The minimum absolute atomic E-state index is 0.536. The number of ether oxygens (including phenoxy) is 1. The highest BCUT2D eigenvalue weighted by Gasteiger charge is 2.06. The summed E-state index contributed by atoms with van der Waals surface area (Å²) in [4.78, 5) is 3.92. The van der Waals surface area contributed by atoms with Crippen molar-refractivity contribution in [3.63, 3.8) is 0 Å². The normalized spacial score (nSPS) is 16.4. The van der Waals surface area contributed by atoms with Crippen LogP contribution in [-0.4, -0.2) is 18.1 Å². The quantitative estimate of drug-likeness (QED) is 0.836. The molecule has 0 bridgehead atoms. The number of nitrogens with zero attached hydrogens (tertiary/aromatic N) is 1. The molecule has 1 heterocycles. The molecule has 0 aliphatic heterocycles. The molecule has 2 rings (SSSR count). The largest absolute Gasteiger partial charge is 0.380 e. The summed E-state index contributed by atoms with van der Waals surface area (Å²) in [6, 6.07) is 4.42. The van der Waals surface area contributed by atoms with Crippen molar-refractivity contribution in [2.75, 3.05) is 7.11 Å². The third kappa shape index (κ3) is 5.83. The van der Waals surface area contributed by atoms with Gasteiger partial charge < -0.3 is 10.5 Å². The van der Waals surface area contributed by atoms with E-state index in [1.807, 2.05) is 12.1 Å². The van der Waals surface area contributed by atoms with E-state index in [0.717, 1.165) is 5.56 Å². The second-order valence-electron chi connectivity index (χ2n) is 4.19. The van der Waals surface area contributed by atoms with Gasteiger partial charge >= 0.3 is 0 Å². The van der Waals surface area contributed by atoms with Gasteiger partial charge in [-0.1, -0.05) is 25.3 Å². The van der Waals surface area contributed by atoms with E-state index >= 15 is 0 Å². The van der Waals surface area contributed by atoms with Crippen molar-refractivity contribution in [1.82, 2.24) is 4.98 Å². The van der Waals surface area contributed by atoms with Crippen molar-refractivity contribution in [2.45, 2.75) is 44.8 Å². The molecule has 0 radical (unpaired) electrons. The van der Waals surface area contributed by atoms with Gasteiger partial charge in [-0.3, -0.25) is 4.98 Å². The lowest BCUT2D eigenvalue weighted by atomic mass is 9.97. The van der Waals surface area contributed by atoms with Crippen LogP contribution in [0.3, 0.4) is 0 Å². The topological polar surface area (TPSA) is 48.1 Å². The van der Waals surface area contributed by atoms with Crippen molar-refractivity contribution in [2.24, 2.45) is 5.73 Å². The molecular weight excluding hydrogens is 200 g/mol. The minimum atomic E-state index is 0.536. The van der Waals surface area contributed by atoms with Crippen molar-refractivity contribution in [3.05, 3.63) is 30.1 Å². The van der Waals surface area contributed by atoms with E-state index in [2.05, 4.69) is 4.98 Å². The Kier molecular flexibility index (Phi) is 6.77. The standard InChI is InChI=1S/C7H9NO.C6H13N/c1-9-6-7-3-2-4-8-5-7;7-6-4-2-1-3-5-6/h2-5H,6H2,1H3;6H,1-5,7H2. The van der Waals surface area contributed by atoms with Gasteiger partial charge in [-0.15, -0.1) is 0 Å². The van der Waals surface area contributed by atoms with Gasteiger partial charge in [0.1, 0.15) is 0 Å². The average molecular weight is 222 g/mol. The number of aromatic nitrogens is 1. The Bertz CT molecular complexity index is 258. The Morgan fingerprint density at radius 2 is 2.12 bits per heavy atom. The molecule has 3 heteroatoms. The third-order valence-corrected chi connectivity index (χ3v) is 2.68. The number of rotatable bonds is 2. The van der Waals surface area contributed by atoms with Crippen molar-refractivity contribution < 1.29 is 4.74 Å². The molecule has 1 aromatic heterocycles. The number of nitrogens with two attached hydrogens (primary N) is 1. The number of hydrogen-bond acceptors (Lipinski definition) is 3. The fourth-order valence-electron chi connectivity index (χ4n) is 1.78. The number of hydrogen-bond donors (Lipinski definition) is 1. The first kappa shape index (κ1) is 13.1. The molecule has 2 N–H and O–H groups in total. The van der Waals surface area contributed by atoms with Crippen LogP contribution in [0.25, 0.3) is 0 Å². The molecule has 1 aliphatic rings. The molecule has 0 unspecified atom stereocenters. The lowest BCUT2D eigenvalue weighted by molar-refractivity contribution is 0.184. The van der Waals surface area contributed by atoms with E-state index in [4.69, 9.17) is 10.5 Å². The van der Waals surface area contributed by atoms with Gasteiger partial charge in [0, 0.05) is 25.5 Å². The molecule has 0 spiro atoms. The molecule has 1 fully saturated rings. The summed E-state index contributed by atoms with van der Waals surface area (Å²) in [5, 5.41) is 0. The number of methoxy groups -OCH3 is 1. The molecule has 0 aromatic carbocycles. The summed E-state index contributed by atoms with van der Waals surface area (Å²) in [5.74, 6) is 0. The smallest absolute Gasteiger partial charge is 0.0728 e. The zero-order valence-corrected chi connectivity index (χ0v) is 10.1. The Morgan fingerprint density at radius 3 is 2.56 bits per heavy atom. The summed E-state index contributed by atoms with van der Waals surface area (Å²) in [6.45, 7) is 0.647. The van der Waals surface area contributed by atoms with Crippen molar-refractivity contribution in [1.29, 1.82) is 0 Å². The van der Waals surface area contributed by atoms with Crippen LogP contribution in [0.2, 0.25) is 0 Å². The zero-order valence-electron chi connectivity index (χ0n) is 10.1. The zero-order chi connectivity index (χ0) is 11.6. The molecule has 1 aromatic rings. The van der Waals surface area contributed by atoms with Crippen LogP contribution in [0.4, 0.5) is 0 Å². The molecule has 1 saturated carbocycles. The summed E-state index contributed by atoms with van der Waals surface area (Å²) in [7, 11) is 1.67. The Balaban J connectivity index is 0.000000165. The van der Waals surface area contributed by atoms with Gasteiger partial charge in [0.05, 0.1) is 6.61 Å². The van der Waals surface area contributed by atoms with Gasteiger partial charge in [-0.05, 0) is 24.5 Å². The fraction of sp³-hybridized carbons (Fsp3) is 0.615. The molecule has 1 aliphatic carbocycles. The molecular formula is C13H22N2O. The van der Waals surface area contributed by atoms with Crippen LogP contribution in [0.1, 0.15) is 37.7 Å². The van der Waals surface area contributed by atoms with Crippen LogP contribution in [-0.2, 0) is 11.3 Å². The average Bonchev–Trinajstić information content (AvgIpc) is 2.33. The predicted molar refractivity (Wildman–Crippen MR) is 66.0 cm³/mol. The monoisotopic (exact) mass is 222 g/mol. The predicted octanol–water partition coefficient (Wildman–Crippen LogP) is 2.51. The Morgan fingerprint density at radius 1 is 1.38 bits per heavy atom. The third-order valence-electron chi connectivity index (χ3n) is 2.68. The summed E-state index contributed by atoms with van der Waals surface area (Å²) in [6.07, 6.45) is 10.2. The second-order valence-corrected chi connectivity index (χ2v) is 4.19. The van der Waals surface area contributed by atoms with Gasteiger partial charge in [0.25, 0.3) is 0 Å².